The summed E-state index contributed by atoms with van der Waals surface area (Å²) in [6.07, 6.45) is 3.22. The highest BCUT2D eigenvalue weighted by Gasteiger charge is 2.05. The maximum Gasteiger partial charge on any atom is 0.305 e. The monoisotopic (exact) mass is 234 g/mol. The zero-order chi connectivity index (χ0) is 11.7. The van der Waals surface area contributed by atoms with Gasteiger partial charge in [-0.2, -0.15) is 0 Å². The number of hydrogen-bond donors (Lipinski definition) is 0. The third-order valence-corrected chi connectivity index (χ3v) is 3.80. The fraction of sp³-hybridized carbons (Fsp3) is 0.909. The third kappa shape index (κ3) is 8.60. The van der Waals surface area contributed by atoms with Gasteiger partial charge < -0.3 is 4.74 Å². The van der Waals surface area contributed by atoms with Gasteiger partial charge in [-0.3, -0.25) is 9.00 Å². The number of unbranched alkanes of at least 4 members (excludes halogenated alkanes) is 2. The van der Waals surface area contributed by atoms with Crippen LogP contribution >= 0.6 is 0 Å². The molecule has 0 bridgehead atoms. The van der Waals surface area contributed by atoms with Crippen LogP contribution in [0.2, 0.25) is 0 Å². The van der Waals surface area contributed by atoms with Crippen LogP contribution in [0, 0.1) is 0 Å². The SMILES string of the molecule is CCOC(=O)CCCCCS(=O)C(C)C. The van der Waals surface area contributed by atoms with Crippen molar-refractivity contribution < 1.29 is 13.7 Å². The quantitative estimate of drug-likeness (QED) is 0.478. The number of rotatable bonds is 8. The molecule has 0 aliphatic rings. The number of esters is 1. The van der Waals surface area contributed by atoms with Crippen LogP contribution < -0.4 is 0 Å². The Morgan fingerprint density at radius 2 is 1.93 bits per heavy atom. The zero-order valence-corrected chi connectivity index (χ0v) is 10.8. The van der Waals surface area contributed by atoms with Gasteiger partial charge in [0.2, 0.25) is 0 Å². The predicted octanol–water partition coefficient (Wildman–Crippen LogP) is 2.27. The molecule has 0 N–H and O–H groups in total. The Morgan fingerprint density at radius 3 is 2.47 bits per heavy atom. The van der Waals surface area contributed by atoms with E-state index in [1.54, 1.807) is 0 Å². The number of ether oxygens (including phenoxy) is 1. The average Bonchev–Trinajstić information content (AvgIpc) is 2.17. The van der Waals surface area contributed by atoms with Gasteiger partial charge in [-0.25, -0.2) is 0 Å². The average molecular weight is 234 g/mol. The van der Waals surface area contributed by atoms with E-state index in [9.17, 15) is 9.00 Å². The first kappa shape index (κ1) is 14.6. The molecule has 1 atom stereocenters. The molecule has 0 saturated heterocycles. The highest BCUT2D eigenvalue weighted by atomic mass is 32.2. The van der Waals surface area contributed by atoms with Gasteiger partial charge in [0.15, 0.2) is 0 Å². The lowest BCUT2D eigenvalue weighted by Gasteiger charge is -2.05. The van der Waals surface area contributed by atoms with Crippen molar-refractivity contribution in [1.29, 1.82) is 0 Å². The lowest BCUT2D eigenvalue weighted by molar-refractivity contribution is -0.143. The molecule has 0 rings (SSSR count). The summed E-state index contributed by atoms with van der Waals surface area (Å²) >= 11 is 0. The van der Waals surface area contributed by atoms with Crippen LogP contribution in [0.15, 0.2) is 0 Å². The maximum atomic E-state index is 11.4. The summed E-state index contributed by atoms with van der Waals surface area (Å²) in [6.45, 7) is 6.20. The van der Waals surface area contributed by atoms with E-state index in [1.807, 2.05) is 20.8 Å². The zero-order valence-electron chi connectivity index (χ0n) is 9.95. The van der Waals surface area contributed by atoms with Crippen LogP contribution in [0.4, 0.5) is 0 Å². The van der Waals surface area contributed by atoms with E-state index < -0.39 is 10.8 Å². The second-order valence-corrected chi connectivity index (χ2v) is 5.86. The first-order valence-electron chi connectivity index (χ1n) is 5.60. The van der Waals surface area contributed by atoms with Crippen molar-refractivity contribution in [3.63, 3.8) is 0 Å². The molecule has 4 heteroatoms. The Labute approximate surface area is 95.0 Å². The molecule has 0 aliphatic carbocycles. The largest absolute Gasteiger partial charge is 0.466 e. The maximum absolute atomic E-state index is 11.4. The summed E-state index contributed by atoms with van der Waals surface area (Å²) in [5.74, 6) is 0.628. The molecule has 0 heterocycles. The molecule has 1 unspecified atom stereocenters. The Bertz CT molecular complexity index is 202. The van der Waals surface area contributed by atoms with E-state index in [0.717, 1.165) is 25.0 Å². The van der Waals surface area contributed by atoms with Crippen molar-refractivity contribution in [2.45, 2.75) is 51.7 Å². The minimum Gasteiger partial charge on any atom is -0.466 e. The molecule has 0 spiro atoms. The van der Waals surface area contributed by atoms with Crippen LogP contribution in [0.5, 0.6) is 0 Å². The van der Waals surface area contributed by atoms with Crippen LogP contribution in [-0.4, -0.2) is 27.8 Å². The molecule has 3 nitrogen and oxygen atoms in total. The Morgan fingerprint density at radius 1 is 1.27 bits per heavy atom. The van der Waals surface area contributed by atoms with Gasteiger partial charge in [-0.05, 0) is 19.8 Å². The van der Waals surface area contributed by atoms with Gasteiger partial charge in [0.05, 0.1) is 6.61 Å². The van der Waals surface area contributed by atoms with E-state index >= 15 is 0 Å². The van der Waals surface area contributed by atoms with Gasteiger partial charge in [0.25, 0.3) is 0 Å². The molecular weight excluding hydrogens is 212 g/mol. The van der Waals surface area contributed by atoms with E-state index in [4.69, 9.17) is 4.74 Å². The van der Waals surface area contributed by atoms with E-state index in [1.165, 1.54) is 0 Å². The van der Waals surface area contributed by atoms with Gasteiger partial charge in [-0.1, -0.05) is 20.3 Å². The van der Waals surface area contributed by atoms with Crippen molar-refractivity contribution in [3.05, 3.63) is 0 Å². The molecule has 0 aromatic carbocycles. The highest BCUT2D eigenvalue weighted by molar-refractivity contribution is 7.85. The topological polar surface area (TPSA) is 43.4 Å². The number of carbonyl (C=O) groups excluding carboxylic acids is 1. The van der Waals surface area contributed by atoms with Gasteiger partial charge in [0, 0.05) is 28.2 Å². The standard InChI is InChI=1S/C11H22O3S/c1-4-14-11(12)8-6-5-7-9-15(13)10(2)3/h10H,4-9H2,1-3H3. The molecule has 90 valence electrons. The summed E-state index contributed by atoms with van der Waals surface area (Å²) in [6, 6.07) is 0. The molecule has 0 aliphatic heterocycles. The second-order valence-electron chi connectivity index (χ2n) is 3.75. The Kier molecular flexibility index (Phi) is 8.67. The molecule has 0 amide bonds. The minimum atomic E-state index is -0.705. The molecule has 0 fully saturated rings. The van der Waals surface area contributed by atoms with Crippen molar-refractivity contribution >= 4 is 16.8 Å². The molecular formula is C11H22O3S. The summed E-state index contributed by atoms with van der Waals surface area (Å²) in [7, 11) is -0.705. The minimum absolute atomic E-state index is 0.123. The van der Waals surface area contributed by atoms with Crippen molar-refractivity contribution in [3.8, 4) is 0 Å². The summed E-state index contributed by atoms with van der Waals surface area (Å²) in [5.41, 5.74) is 0. The van der Waals surface area contributed by atoms with Crippen LogP contribution in [0.25, 0.3) is 0 Å². The molecule has 0 saturated carbocycles. The van der Waals surface area contributed by atoms with Crippen LogP contribution in [0.1, 0.15) is 46.5 Å². The molecule has 0 radical (unpaired) electrons. The first-order chi connectivity index (χ1) is 7.07. The number of carbonyl (C=O) groups is 1. The summed E-state index contributed by atoms with van der Waals surface area (Å²) < 4.78 is 16.2. The van der Waals surface area contributed by atoms with Crippen LogP contribution in [-0.2, 0) is 20.3 Å². The molecule has 15 heavy (non-hydrogen) atoms. The third-order valence-electron chi connectivity index (χ3n) is 2.06. The second kappa shape index (κ2) is 8.89. The van der Waals surface area contributed by atoms with Crippen molar-refractivity contribution in [2.75, 3.05) is 12.4 Å². The summed E-state index contributed by atoms with van der Waals surface area (Å²) in [5, 5.41) is 0.245. The molecule has 0 aromatic rings. The number of hydrogen-bond acceptors (Lipinski definition) is 3. The van der Waals surface area contributed by atoms with E-state index in [2.05, 4.69) is 0 Å². The van der Waals surface area contributed by atoms with Crippen molar-refractivity contribution in [1.82, 2.24) is 0 Å². The van der Waals surface area contributed by atoms with Gasteiger partial charge >= 0.3 is 5.97 Å². The Hall–Kier alpha value is -0.380. The Balaban J connectivity index is 3.32. The normalized spacial score (nSPS) is 12.8. The molecule has 0 aromatic heterocycles. The fourth-order valence-corrected chi connectivity index (χ4v) is 2.12. The van der Waals surface area contributed by atoms with Gasteiger partial charge in [-0.15, -0.1) is 0 Å². The fourth-order valence-electron chi connectivity index (χ4n) is 1.16. The van der Waals surface area contributed by atoms with Crippen LogP contribution in [0.3, 0.4) is 0 Å². The summed E-state index contributed by atoms with van der Waals surface area (Å²) in [4.78, 5) is 11.0. The van der Waals surface area contributed by atoms with E-state index in [-0.39, 0.29) is 11.2 Å². The van der Waals surface area contributed by atoms with Crippen molar-refractivity contribution in [2.24, 2.45) is 0 Å². The smallest absolute Gasteiger partial charge is 0.305 e. The lowest BCUT2D eigenvalue weighted by Crippen LogP contribution is -2.09. The van der Waals surface area contributed by atoms with Gasteiger partial charge in [0.1, 0.15) is 0 Å². The predicted molar refractivity (Wildman–Crippen MR) is 63.2 cm³/mol. The first-order valence-corrected chi connectivity index (χ1v) is 6.99. The lowest BCUT2D eigenvalue weighted by atomic mass is 10.2. The van der Waals surface area contributed by atoms with E-state index in [0.29, 0.717) is 13.0 Å². The highest BCUT2D eigenvalue weighted by Crippen LogP contribution is 2.04.